The third kappa shape index (κ3) is 2.95. The number of amides is 1. The summed E-state index contributed by atoms with van der Waals surface area (Å²) in [4.78, 5) is 14.7. The topological polar surface area (TPSA) is 45.5 Å². The van der Waals surface area contributed by atoms with E-state index in [-0.39, 0.29) is 5.91 Å². The molecule has 2 heterocycles. The van der Waals surface area contributed by atoms with Crippen molar-refractivity contribution in [3.8, 4) is 0 Å². The maximum absolute atomic E-state index is 12.7. The Morgan fingerprint density at radius 3 is 3.14 bits per heavy atom. The van der Waals surface area contributed by atoms with Crippen LogP contribution in [0.3, 0.4) is 0 Å². The van der Waals surface area contributed by atoms with Gasteiger partial charge in [0.25, 0.3) is 5.91 Å². The SMILES string of the molecule is CCCNC1CCCN(C(=O)c2coc3ccccc23)C1. The number of rotatable bonds is 4. The Hall–Kier alpha value is -1.81. The first-order valence-corrected chi connectivity index (χ1v) is 7.78. The highest BCUT2D eigenvalue weighted by atomic mass is 16.3. The van der Waals surface area contributed by atoms with E-state index in [1.165, 1.54) is 0 Å². The fourth-order valence-electron chi connectivity index (χ4n) is 2.99. The van der Waals surface area contributed by atoms with Crippen LogP contribution in [-0.4, -0.2) is 36.5 Å². The van der Waals surface area contributed by atoms with Crippen molar-refractivity contribution in [2.45, 2.75) is 32.2 Å². The Kier molecular flexibility index (Phi) is 4.25. The summed E-state index contributed by atoms with van der Waals surface area (Å²) in [7, 11) is 0. The fourth-order valence-corrected chi connectivity index (χ4v) is 2.99. The number of benzene rings is 1. The molecule has 0 spiro atoms. The van der Waals surface area contributed by atoms with Crippen LogP contribution in [0.5, 0.6) is 0 Å². The maximum atomic E-state index is 12.7. The van der Waals surface area contributed by atoms with E-state index in [4.69, 9.17) is 4.42 Å². The van der Waals surface area contributed by atoms with E-state index in [1.54, 1.807) is 6.26 Å². The summed E-state index contributed by atoms with van der Waals surface area (Å²) >= 11 is 0. The minimum Gasteiger partial charge on any atom is -0.463 e. The molecule has 1 aromatic heterocycles. The summed E-state index contributed by atoms with van der Waals surface area (Å²) in [5, 5.41) is 4.43. The molecule has 1 fully saturated rings. The first-order chi connectivity index (χ1) is 10.3. The summed E-state index contributed by atoms with van der Waals surface area (Å²) in [5.41, 5.74) is 1.46. The molecule has 1 aromatic carbocycles. The number of furan rings is 1. The minimum absolute atomic E-state index is 0.0861. The fraction of sp³-hybridized carbons (Fsp3) is 0.471. The van der Waals surface area contributed by atoms with Crippen LogP contribution in [0, 0.1) is 0 Å². The summed E-state index contributed by atoms with van der Waals surface area (Å²) in [5.74, 6) is 0.0861. The molecule has 0 radical (unpaired) electrons. The number of carbonyl (C=O) groups excluding carboxylic acids is 1. The molecule has 1 aliphatic heterocycles. The van der Waals surface area contributed by atoms with Crippen LogP contribution in [0.25, 0.3) is 11.0 Å². The van der Waals surface area contributed by atoms with Crippen LogP contribution in [-0.2, 0) is 0 Å². The third-order valence-corrected chi connectivity index (χ3v) is 4.10. The van der Waals surface area contributed by atoms with Crippen molar-refractivity contribution in [2.75, 3.05) is 19.6 Å². The average molecular weight is 286 g/mol. The van der Waals surface area contributed by atoms with E-state index in [9.17, 15) is 4.79 Å². The smallest absolute Gasteiger partial charge is 0.257 e. The monoisotopic (exact) mass is 286 g/mol. The van der Waals surface area contributed by atoms with Crippen molar-refractivity contribution in [3.05, 3.63) is 36.1 Å². The number of likely N-dealkylation sites (tertiary alicyclic amines) is 1. The number of piperidine rings is 1. The van der Waals surface area contributed by atoms with Gasteiger partial charge in [-0.2, -0.15) is 0 Å². The molecule has 1 aliphatic rings. The zero-order chi connectivity index (χ0) is 14.7. The standard InChI is InChI=1S/C17H22N2O2/c1-2-9-18-13-6-5-10-19(11-13)17(20)15-12-21-16-8-4-3-7-14(15)16/h3-4,7-8,12-13,18H,2,5-6,9-11H2,1H3. The number of para-hydroxylation sites is 1. The highest BCUT2D eigenvalue weighted by Crippen LogP contribution is 2.23. The van der Waals surface area contributed by atoms with E-state index in [0.29, 0.717) is 11.6 Å². The van der Waals surface area contributed by atoms with Gasteiger partial charge in [0, 0.05) is 24.5 Å². The molecule has 1 atom stereocenters. The molecule has 0 aliphatic carbocycles. The summed E-state index contributed by atoms with van der Waals surface area (Å²) < 4.78 is 5.49. The predicted molar refractivity (Wildman–Crippen MR) is 83.4 cm³/mol. The Morgan fingerprint density at radius 1 is 1.43 bits per heavy atom. The van der Waals surface area contributed by atoms with Gasteiger partial charge in [-0.05, 0) is 31.9 Å². The minimum atomic E-state index is 0.0861. The average Bonchev–Trinajstić information content (AvgIpc) is 2.96. The molecule has 21 heavy (non-hydrogen) atoms. The van der Waals surface area contributed by atoms with Crippen LogP contribution in [0.4, 0.5) is 0 Å². The lowest BCUT2D eigenvalue weighted by atomic mass is 10.0. The van der Waals surface area contributed by atoms with E-state index in [2.05, 4.69) is 12.2 Å². The molecule has 112 valence electrons. The number of nitrogens with one attached hydrogen (secondary N) is 1. The number of nitrogens with zero attached hydrogens (tertiary/aromatic N) is 1. The molecule has 1 N–H and O–H groups in total. The largest absolute Gasteiger partial charge is 0.463 e. The number of hydrogen-bond donors (Lipinski definition) is 1. The van der Waals surface area contributed by atoms with Gasteiger partial charge in [0.1, 0.15) is 11.8 Å². The molecule has 4 heteroatoms. The van der Waals surface area contributed by atoms with Crippen molar-refractivity contribution < 1.29 is 9.21 Å². The highest BCUT2D eigenvalue weighted by Gasteiger charge is 2.26. The molecule has 1 amide bonds. The first-order valence-electron chi connectivity index (χ1n) is 7.78. The Balaban J connectivity index is 1.75. The molecule has 2 aromatic rings. The second kappa shape index (κ2) is 6.31. The lowest BCUT2D eigenvalue weighted by Gasteiger charge is -2.33. The summed E-state index contributed by atoms with van der Waals surface area (Å²) in [6.45, 7) is 4.80. The molecule has 1 unspecified atom stereocenters. The first kappa shape index (κ1) is 14.1. The quantitative estimate of drug-likeness (QED) is 0.939. The van der Waals surface area contributed by atoms with Crippen LogP contribution in [0.15, 0.2) is 34.9 Å². The maximum Gasteiger partial charge on any atom is 0.257 e. The highest BCUT2D eigenvalue weighted by molar-refractivity contribution is 6.05. The van der Waals surface area contributed by atoms with Crippen molar-refractivity contribution in [2.24, 2.45) is 0 Å². The van der Waals surface area contributed by atoms with Crippen LogP contribution in [0.2, 0.25) is 0 Å². The molecule has 3 rings (SSSR count). The number of hydrogen-bond acceptors (Lipinski definition) is 3. The van der Waals surface area contributed by atoms with Gasteiger partial charge in [0.05, 0.1) is 5.56 Å². The van der Waals surface area contributed by atoms with Gasteiger partial charge in [-0.25, -0.2) is 0 Å². The molecule has 0 saturated carbocycles. The van der Waals surface area contributed by atoms with Gasteiger partial charge < -0.3 is 14.6 Å². The van der Waals surface area contributed by atoms with E-state index >= 15 is 0 Å². The summed E-state index contributed by atoms with van der Waals surface area (Å²) in [6, 6.07) is 8.12. The van der Waals surface area contributed by atoms with Gasteiger partial charge in [-0.3, -0.25) is 4.79 Å². The molecular formula is C17H22N2O2. The van der Waals surface area contributed by atoms with Crippen molar-refractivity contribution >= 4 is 16.9 Å². The molecule has 1 saturated heterocycles. The molecular weight excluding hydrogens is 264 g/mol. The van der Waals surface area contributed by atoms with Crippen LogP contribution >= 0.6 is 0 Å². The lowest BCUT2D eigenvalue weighted by molar-refractivity contribution is 0.0696. The van der Waals surface area contributed by atoms with Gasteiger partial charge in [0.2, 0.25) is 0 Å². The Labute approximate surface area is 125 Å². The lowest BCUT2D eigenvalue weighted by Crippen LogP contribution is -2.48. The summed E-state index contributed by atoms with van der Waals surface area (Å²) in [6.07, 6.45) is 4.92. The van der Waals surface area contributed by atoms with Crippen LogP contribution in [0.1, 0.15) is 36.5 Å². The van der Waals surface area contributed by atoms with E-state index < -0.39 is 0 Å². The Morgan fingerprint density at radius 2 is 2.29 bits per heavy atom. The molecule has 4 nitrogen and oxygen atoms in total. The van der Waals surface area contributed by atoms with E-state index in [1.807, 2.05) is 29.2 Å². The van der Waals surface area contributed by atoms with Crippen molar-refractivity contribution in [1.29, 1.82) is 0 Å². The second-order valence-electron chi connectivity index (χ2n) is 5.69. The molecule has 0 bridgehead atoms. The van der Waals surface area contributed by atoms with Crippen LogP contribution < -0.4 is 5.32 Å². The second-order valence-corrected chi connectivity index (χ2v) is 5.69. The van der Waals surface area contributed by atoms with Gasteiger partial charge in [-0.15, -0.1) is 0 Å². The van der Waals surface area contributed by atoms with Crippen molar-refractivity contribution in [3.63, 3.8) is 0 Å². The zero-order valence-electron chi connectivity index (χ0n) is 12.5. The van der Waals surface area contributed by atoms with Gasteiger partial charge in [0.15, 0.2) is 0 Å². The predicted octanol–water partition coefficient (Wildman–Crippen LogP) is 3.04. The number of carbonyl (C=O) groups is 1. The van der Waals surface area contributed by atoms with E-state index in [0.717, 1.165) is 49.9 Å². The zero-order valence-corrected chi connectivity index (χ0v) is 12.5. The van der Waals surface area contributed by atoms with Gasteiger partial charge in [-0.1, -0.05) is 25.1 Å². The van der Waals surface area contributed by atoms with Gasteiger partial charge >= 0.3 is 0 Å². The normalized spacial score (nSPS) is 19.1. The third-order valence-electron chi connectivity index (χ3n) is 4.10. The Bertz CT molecular complexity index is 620. The number of fused-ring (bicyclic) bond motifs is 1. The van der Waals surface area contributed by atoms with Crippen molar-refractivity contribution in [1.82, 2.24) is 10.2 Å².